The molecule has 1 saturated heterocycles. The number of hydrogen-bond donors (Lipinski definition) is 0. The quantitative estimate of drug-likeness (QED) is 0.763. The Morgan fingerprint density at radius 1 is 1.33 bits per heavy atom. The highest BCUT2D eigenvalue weighted by atomic mass is 79.9. The summed E-state index contributed by atoms with van der Waals surface area (Å²) in [4.78, 5) is 23.2. The van der Waals surface area contributed by atoms with Gasteiger partial charge in [-0.1, -0.05) is 0 Å². The van der Waals surface area contributed by atoms with Crippen molar-refractivity contribution in [2.24, 2.45) is 5.92 Å². The van der Waals surface area contributed by atoms with Gasteiger partial charge >= 0.3 is 0 Å². The smallest absolute Gasteiger partial charge is 0.227 e. The summed E-state index contributed by atoms with van der Waals surface area (Å²) < 4.78 is 0.999. The van der Waals surface area contributed by atoms with Gasteiger partial charge < -0.3 is 9.80 Å². The van der Waals surface area contributed by atoms with E-state index in [2.05, 4.69) is 42.2 Å². The maximum atomic E-state index is 13.0. The van der Waals surface area contributed by atoms with Crippen LogP contribution in [0.15, 0.2) is 34.2 Å². The lowest BCUT2D eigenvalue weighted by Gasteiger charge is -2.37. The van der Waals surface area contributed by atoms with Crippen molar-refractivity contribution in [3.05, 3.63) is 44.7 Å². The molecule has 0 radical (unpaired) electrons. The van der Waals surface area contributed by atoms with Crippen molar-refractivity contribution in [3.8, 4) is 0 Å². The van der Waals surface area contributed by atoms with Crippen molar-refractivity contribution in [3.63, 3.8) is 0 Å². The van der Waals surface area contributed by atoms with E-state index >= 15 is 0 Å². The molecule has 2 aromatic heterocycles. The number of carbonyl (C=O) groups excluding carboxylic acids is 1. The monoisotopic (exact) mass is 405 g/mol. The van der Waals surface area contributed by atoms with Crippen molar-refractivity contribution in [1.29, 1.82) is 0 Å². The summed E-state index contributed by atoms with van der Waals surface area (Å²) in [5.74, 6) is 1.34. The second-order valence-corrected chi connectivity index (χ2v) is 8.33. The van der Waals surface area contributed by atoms with Crippen molar-refractivity contribution in [1.82, 2.24) is 9.88 Å². The van der Waals surface area contributed by atoms with Gasteiger partial charge in [-0.2, -0.15) is 0 Å². The minimum Gasteiger partial charge on any atom is -0.355 e. The van der Waals surface area contributed by atoms with Crippen LogP contribution in [0.2, 0.25) is 0 Å². The lowest BCUT2D eigenvalue weighted by atomic mass is 9.95. The molecule has 0 aliphatic carbocycles. The first-order valence-electron chi connectivity index (χ1n) is 8.42. The fourth-order valence-electron chi connectivity index (χ4n) is 3.68. The number of pyridine rings is 1. The molecule has 1 amide bonds. The maximum absolute atomic E-state index is 13.0. The first kappa shape index (κ1) is 16.1. The summed E-state index contributed by atoms with van der Waals surface area (Å²) >= 11 is 5.39. The molecule has 0 bridgehead atoms. The molecule has 2 aliphatic heterocycles. The van der Waals surface area contributed by atoms with Crippen molar-refractivity contribution >= 4 is 39.0 Å². The maximum Gasteiger partial charge on any atom is 0.227 e. The van der Waals surface area contributed by atoms with Crippen LogP contribution in [0, 0.1) is 5.92 Å². The zero-order valence-electron chi connectivity index (χ0n) is 13.4. The Kier molecular flexibility index (Phi) is 4.59. The molecule has 4 rings (SSSR count). The summed E-state index contributed by atoms with van der Waals surface area (Å²) in [7, 11) is 0. The lowest BCUT2D eigenvalue weighted by Crippen LogP contribution is -2.46. The standard InChI is InChI=1S/C18H20BrN3OS/c19-15-4-1-7-20-17(15)21-8-2-3-14(12-21)18(23)22-9-5-16-13(11-22)6-10-24-16/h1,4,6-7,10,14H,2-3,5,8-9,11-12H2. The number of halogens is 1. The fourth-order valence-corrected chi connectivity index (χ4v) is 5.07. The average Bonchev–Trinajstić information content (AvgIpc) is 3.09. The van der Waals surface area contributed by atoms with Crippen molar-refractivity contribution in [2.75, 3.05) is 24.5 Å². The molecule has 1 fully saturated rings. The Morgan fingerprint density at radius 3 is 3.12 bits per heavy atom. The van der Waals surface area contributed by atoms with E-state index in [0.717, 1.165) is 55.7 Å². The number of rotatable bonds is 2. The van der Waals surface area contributed by atoms with Gasteiger partial charge in [0, 0.05) is 37.3 Å². The highest BCUT2D eigenvalue weighted by molar-refractivity contribution is 9.10. The van der Waals surface area contributed by atoms with E-state index in [0.29, 0.717) is 5.91 Å². The summed E-state index contributed by atoms with van der Waals surface area (Å²) in [6, 6.07) is 6.10. The third-order valence-electron chi connectivity index (χ3n) is 4.93. The number of nitrogens with zero attached hydrogens (tertiary/aromatic N) is 3. The van der Waals surface area contributed by atoms with Crippen LogP contribution in [0.3, 0.4) is 0 Å². The molecule has 0 N–H and O–H groups in total. The number of amides is 1. The van der Waals surface area contributed by atoms with E-state index in [1.807, 2.05) is 29.7 Å². The van der Waals surface area contributed by atoms with Crippen LogP contribution in [0.1, 0.15) is 23.3 Å². The molecule has 2 aromatic rings. The first-order chi connectivity index (χ1) is 11.7. The van der Waals surface area contributed by atoms with Gasteiger partial charge in [0.2, 0.25) is 5.91 Å². The SMILES string of the molecule is O=C(C1CCCN(c2ncccc2Br)C1)N1CCc2sccc2C1. The third-order valence-corrected chi connectivity index (χ3v) is 6.57. The van der Waals surface area contributed by atoms with Gasteiger partial charge in [-0.25, -0.2) is 4.98 Å². The highest BCUT2D eigenvalue weighted by Gasteiger charge is 2.32. The Balaban J connectivity index is 1.46. The normalized spacial score (nSPS) is 20.8. The molecule has 1 atom stereocenters. The van der Waals surface area contributed by atoms with E-state index in [1.165, 1.54) is 10.4 Å². The van der Waals surface area contributed by atoms with Crippen LogP contribution in [-0.4, -0.2) is 35.4 Å². The van der Waals surface area contributed by atoms with Gasteiger partial charge in [-0.3, -0.25) is 4.79 Å². The molecule has 0 aromatic carbocycles. The minimum absolute atomic E-state index is 0.0767. The average molecular weight is 406 g/mol. The van der Waals surface area contributed by atoms with Gasteiger partial charge in [-0.05, 0) is 64.3 Å². The van der Waals surface area contributed by atoms with Gasteiger partial charge in [-0.15, -0.1) is 11.3 Å². The van der Waals surface area contributed by atoms with Crippen LogP contribution in [0.25, 0.3) is 0 Å². The van der Waals surface area contributed by atoms with Crippen LogP contribution in [0.5, 0.6) is 0 Å². The predicted molar refractivity (Wildman–Crippen MR) is 100 cm³/mol. The summed E-state index contributed by atoms with van der Waals surface area (Å²) in [5, 5.41) is 2.14. The lowest BCUT2D eigenvalue weighted by molar-refractivity contribution is -0.136. The number of carbonyl (C=O) groups is 1. The van der Waals surface area contributed by atoms with Gasteiger partial charge in [0.15, 0.2) is 0 Å². The van der Waals surface area contributed by atoms with Gasteiger partial charge in [0.25, 0.3) is 0 Å². The Morgan fingerprint density at radius 2 is 2.25 bits per heavy atom. The number of aromatic nitrogens is 1. The molecule has 1 unspecified atom stereocenters. The topological polar surface area (TPSA) is 36.4 Å². The molecule has 0 saturated carbocycles. The molecule has 4 heterocycles. The zero-order valence-corrected chi connectivity index (χ0v) is 15.9. The number of hydrogen-bond acceptors (Lipinski definition) is 4. The molecule has 4 nitrogen and oxygen atoms in total. The Hall–Kier alpha value is -1.40. The van der Waals surface area contributed by atoms with Crippen molar-refractivity contribution in [2.45, 2.75) is 25.8 Å². The largest absolute Gasteiger partial charge is 0.355 e. The molecular weight excluding hydrogens is 386 g/mol. The number of fused-ring (bicyclic) bond motifs is 1. The van der Waals surface area contributed by atoms with E-state index in [9.17, 15) is 4.79 Å². The third kappa shape index (κ3) is 3.09. The molecule has 0 spiro atoms. The Labute approximate surface area is 154 Å². The van der Waals surface area contributed by atoms with Gasteiger partial charge in [0.1, 0.15) is 5.82 Å². The summed E-state index contributed by atoms with van der Waals surface area (Å²) in [6.07, 6.45) is 4.83. The van der Waals surface area contributed by atoms with Crippen LogP contribution in [0.4, 0.5) is 5.82 Å². The number of thiophene rings is 1. The van der Waals surface area contributed by atoms with E-state index in [1.54, 1.807) is 0 Å². The van der Waals surface area contributed by atoms with Gasteiger partial charge in [0.05, 0.1) is 10.4 Å². The van der Waals surface area contributed by atoms with E-state index < -0.39 is 0 Å². The highest BCUT2D eigenvalue weighted by Crippen LogP contribution is 2.30. The fraction of sp³-hybridized carbons (Fsp3) is 0.444. The molecule has 2 aliphatic rings. The Bertz CT molecular complexity index is 747. The molecule has 126 valence electrons. The summed E-state index contributed by atoms with van der Waals surface area (Å²) in [6.45, 7) is 3.37. The minimum atomic E-state index is 0.0767. The molecule has 6 heteroatoms. The van der Waals surface area contributed by atoms with Crippen LogP contribution >= 0.6 is 27.3 Å². The van der Waals surface area contributed by atoms with Crippen LogP contribution < -0.4 is 4.90 Å². The molecule has 24 heavy (non-hydrogen) atoms. The number of anilines is 1. The second-order valence-electron chi connectivity index (χ2n) is 6.47. The predicted octanol–water partition coefficient (Wildman–Crippen LogP) is 3.71. The first-order valence-corrected chi connectivity index (χ1v) is 10.1. The van der Waals surface area contributed by atoms with Crippen molar-refractivity contribution < 1.29 is 4.79 Å². The van der Waals surface area contributed by atoms with Crippen LogP contribution in [-0.2, 0) is 17.8 Å². The van der Waals surface area contributed by atoms with E-state index in [4.69, 9.17) is 0 Å². The molecular formula is C18H20BrN3OS. The second kappa shape index (κ2) is 6.84. The number of piperidine rings is 1. The summed E-state index contributed by atoms with van der Waals surface area (Å²) in [5.41, 5.74) is 1.33. The van der Waals surface area contributed by atoms with E-state index in [-0.39, 0.29) is 5.92 Å². The zero-order chi connectivity index (χ0) is 16.5.